The van der Waals surface area contributed by atoms with Crippen molar-refractivity contribution >= 4 is 43.1 Å². The molecule has 0 N–H and O–H groups in total. The van der Waals surface area contributed by atoms with Crippen LogP contribution in [0, 0.1) is 0 Å². The van der Waals surface area contributed by atoms with E-state index >= 15 is 0 Å². The van der Waals surface area contributed by atoms with Crippen LogP contribution in [0.3, 0.4) is 0 Å². The SMILES string of the molecule is [2H]c1c([2H])c([2H])c2c(-c3ccc4ccccc4c3)c3c([2H])c([2H])c([2H])c([2H])c3c(-c3cccc(-c4ccc5ccccc5c4)c3)c2c1[2H]. The van der Waals surface area contributed by atoms with Crippen molar-refractivity contribution in [2.45, 2.75) is 0 Å². The highest BCUT2D eigenvalue weighted by molar-refractivity contribution is 6.21. The fourth-order valence-corrected chi connectivity index (χ4v) is 5.77. The van der Waals surface area contributed by atoms with E-state index in [9.17, 15) is 5.48 Å². The summed E-state index contributed by atoms with van der Waals surface area (Å²) in [5, 5.41) is 4.87. The van der Waals surface area contributed by atoms with Gasteiger partial charge >= 0.3 is 0 Å². The molecule has 0 bridgehead atoms. The van der Waals surface area contributed by atoms with Crippen molar-refractivity contribution in [3.05, 3.63) is 158 Å². The summed E-state index contributed by atoms with van der Waals surface area (Å²) < 4.78 is 71.6. The summed E-state index contributed by atoms with van der Waals surface area (Å²) in [5.41, 5.74) is 3.66. The maximum Gasteiger partial charge on any atom is 0.0629 e. The highest BCUT2D eigenvalue weighted by Gasteiger charge is 2.17. The Morgan fingerprint density at radius 2 is 0.725 bits per heavy atom. The molecule has 0 amide bonds. The molecule has 0 radical (unpaired) electrons. The van der Waals surface area contributed by atoms with Crippen molar-refractivity contribution in [2.24, 2.45) is 0 Å². The lowest BCUT2D eigenvalue weighted by Gasteiger charge is -2.18. The van der Waals surface area contributed by atoms with Gasteiger partial charge in [0.2, 0.25) is 0 Å². The second-order valence-electron chi connectivity index (χ2n) is 9.95. The van der Waals surface area contributed by atoms with Crippen LogP contribution < -0.4 is 0 Å². The van der Waals surface area contributed by atoms with E-state index in [2.05, 4.69) is 6.07 Å². The van der Waals surface area contributed by atoms with E-state index in [0.29, 0.717) is 22.3 Å². The minimum absolute atomic E-state index is 0.206. The molecule has 8 rings (SSSR count). The van der Waals surface area contributed by atoms with Crippen LogP contribution in [0.4, 0.5) is 0 Å². The fourth-order valence-electron chi connectivity index (χ4n) is 5.77. The maximum atomic E-state index is 9.23. The molecular weight excluding hydrogens is 480 g/mol. The van der Waals surface area contributed by atoms with E-state index in [0.717, 1.165) is 32.7 Å². The van der Waals surface area contributed by atoms with Crippen LogP contribution in [0.15, 0.2) is 158 Å². The van der Waals surface area contributed by atoms with Gasteiger partial charge in [0.05, 0.1) is 11.0 Å². The summed E-state index contributed by atoms with van der Waals surface area (Å²) in [7, 11) is 0. The molecule has 0 spiro atoms. The first kappa shape index (κ1) is 16.0. The molecule has 0 heteroatoms. The second-order valence-corrected chi connectivity index (χ2v) is 9.95. The Balaban J connectivity index is 1.57. The summed E-state index contributed by atoms with van der Waals surface area (Å²) in [6.07, 6.45) is 0. The third kappa shape index (κ3) is 3.69. The zero-order valence-corrected chi connectivity index (χ0v) is 21.4. The van der Waals surface area contributed by atoms with Crippen LogP contribution in [-0.4, -0.2) is 0 Å². The largest absolute Gasteiger partial charge is 0.0629 e. The first-order valence-corrected chi connectivity index (χ1v) is 13.2. The minimum Gasteiger partial charge on any atom is -0.0616 e. The number of rotatable bonds is 3. The average Bonchev–Trinajstić information content (AvgIpc) is 3.12. The number of fused-ring (bicyclic) bond motifs is 4. The average molecular weight is 515 g/mol. The predicted octanol–water partition coefficient (Wildman–Crippen LogP) is 11.3. The Hall–Kier alpha value is -5.20. The highest BCUT2D eigenvalue weighted by Crippen LogP contribution is 2.44. The van der Waals surface area contributed by atoms with Crippen molar-refractivity contribution in [1.82, 2.24) is 0 Å². The molecule has 40 heavy (non-hydrogen) atoms. The lowest BCUT2D eigenvalue weighted by molar-refractivity contribution is 1.63. The Bertz CT molecular complexity index is 2580. The van der Waals surface area contributed by atoms with E-state index < -0.39 is 24.2 Å². The summed E-state index contributed by atoms with van der Waals surface area (Å²) in [6.45, 7) is 0. The first-order valence-electron chi connectivity index (χ1n) is 17.2. The number of hydrogen-bond donors (Lipinski definition) is 0. The van der Waals surface area contributed by atoms with Crippen LogP contribution in [0.2, 0.25) is 0 Å². The third-order valence-electron chi connectivity index (χ3n) is 7.65. The first-order chi connectivity index (χ1) is 23.2. The molecule has 0 atom stereocenters. The van der Waals surface area contributed by atoms with Gasteiger partial charge in [0, 0.05) is 0 Å². The van der Waals surface area contributed by atoms with Crippen molar-refractivity contribution in [2.75, 3.05) is 0 Å². The Labute approximate surface area is 245 Å². The monoisotopic (exact) mass is 514 g/mol. The molecular formula is C40H26. The molecule has 0 saturated heterocycles. The van der Waals surface area contributed by atoms with E-state index in [1.165, 1.54) is 0 Å². The second kappa shape index (κ2) is 9.22. The quantitative estimate of drug-likeness (QED) is 0.206. The van der Waals surface area contributed by atoms with Gasteiger partial charge in [0.15, 0.2) is 0 Å². The van der Waals surface area contributed by atoms with E-state index in [-0.39, 0.29) is 45.7 Å². The molecule has 0 aliphatic heterocycles. The molecule has 8 aromatic carbocycles. The third-order valence-corrected chi connectivity index (χ3v) is 7.65. The Morgan fingerprint density at radius 3 is 1.27 bits per heavy atom. The van der Waals surface area contributed by atoms with E-state index in [1.807, 2.05) is 103 Å². The topological polar surface area (TPSA) is 0 Å². The molecule has 8 aromatic rings. The van der Waals surface area contributed by atoms with Gasteiger partial charge in [-0.2, -0.15) is 0 Å². The molecule has 0 aliphatic carbocycles. The van der Waals surface area contributed by atoms with Gasteiger partial charge in [-0.15, -0.1) is 0 Å². The predicted molar refractivity (Wildman–Crippen MR) is 173 cm³/mol. The normalized spacial score (nSPS) is 14.3. The summed E-state index contributed by atoms with van der Waals surface area (Å²) >= 11 is 0. The van der Waals surface area contributed by atoms with E-state index in [1.54, 1.807) is 0 Å². The standard InChI is InChI=1S/C40H26/c1-3-12-29-24-32(22-20-27(29)10-1)31-14-9-15-33(26-31)39-35-16-5-7-18-37(35)40(38-19-8-6-17-36(38)39)34-23-21-28-11-2-4-13-30(28)25-34/h1-26H/i5D,6D,7D,8D,16D,17D,18D,19D. The molecule has 0 fully saturated rings. The van der Waals surface area contributed by atoms with Crippen molar-refractivity contribution in [1.29, 1.82) is 0 Å². The fraction of sp³-hybridized carbons (Fsp3) is 0. The van der Waals surface area contributed by atoms with Gasteiger partial charge in [-0.05, 0) is 94.7 Å². The van der Waals surface area contributed by atoms with Gasteiger partial charge in [0.1, 0.15) is 0 Å². The lowest BCUT2D eigenvalue weighted by atomic mass is 9.85. The number of hydrogen-bond acceptors (Lipinski definition) is 0. The van der Waals surface area contributed by atoms with Gasteiger partial charge in [-0.25, -0.2) is 0 Å². The van der Waals surface area contributed by atoms with Crippen LogP contribution in [0.25, 0.3) is 76.5 Å². The van der Waals surface area contributed by atoms with Crippen LogP contribution in [0.1, 0.15) is 11.0 Å². The van der Waals surface area contributed by atoms with Gasteiger partial charge in [0.25, 0.3) is 0 Å². The summed E-state index contributed by atoms with van der Waals surface area (Å²) in [5.74, 6) is 0. The molecule has 0 unspecified atom stereocenters. The summed E-state index contributed by atoms with van der Waals surface area (Å²) in [6, 6.07) is 32.5. The summed E-state index contributed by atoms with van der Waals surface area (Å²) in [4.78, 5) is 0. The van der Waals surface area contributed by atoms with Gasteiger partial charge in [-0.1, -0.05) is 139 Å². The molecule has 0 aromatic heterocycles. The van der Waals surface area contributed by atoms with Crippen LogP contribution in [-0.2, 0) is 0 Å². The minimum atomic E-state index is -0.413. The van der Waals surface area contributed by atoms with Gasteiger partial charge < -0.3 is 0 Å². The molecule has 0 saturated carbocycles. The van der Waals surface area contributed by atoms with Crippen LogP contribution in [0.5, 0.6) is 0 Å². The van der Waals surface area contributed by atoms with Gasteiger partial charge in [-0.3, -0.25) is 0 Å². The molecule has 0 nitrogen and oxygen atoms in total. The van der Waals surface area contributed by atoms with Crippen molar-refractivity contribution < 1.29 is 11.0 Å². The zero-order valence-electron chi connectivity index (χ0n) is 29.4. The molecule has 0 heterocycles. The Kier molecular flexibility index (Phi) is 3.70. The van der Waals surface area contributed by atoms with E-state index in [4.69, 9.17) is 5.48 Å². The van der Waals surface area contributed by atoms with Crippen molar-refractivity contribution in [3.63, 3.8) is 0 Å². The van der Waals surface area contributed by atoms with Crippen molar-refractivity contribution in [3.8, 4) is 33.4 Å². The zero-order chi connectivity index (χ0) is 33.4. The lowest BCUT2D eigenvalue weighted by Crippen LogP contribution is -1.91. The smallest absolute Gasteiger partial charge is 0.0616 e. The van der Waals surface area contributed by atoms with Crippen LogP contribution >= 0.6 is 0 Å². The highest BCUT2D eigenvalue weighted by atomic mass is 14.2. The maximum absolute atomic E-state index is 9.23. The Morgan fingerprint density at radius 1 is 0.325 bits per heavy atom. The molecule has 0 aliphatic rings. The number of benzene rings is 8. The molecule has 186 valence electrons.